The number of hydrogen-bond acceptors (Lipinski definition) is 4. The monoisotopic (exact) mass is 293 g/mol. The number of nitrogens with zero attached hydrogens (tertiary/aromatic N) is 2. The minimum absolute atomic E-state index is 0.492. The van der Waals surface area contributed by atoms with E-state index >= 15 is 0 Å². The summed E-state index contributed by atoms with van der Waals surface area (Å²) in [5, 5.41) is 3.02. The van der Waals surface area contributed by atoms with Crippen LogP contribution in [0.2, 0.25) is 0 Å². The van der Waals surface area contributed by atoms with Gasteiger partial charge in [0.2, 0.25) is 0 Å². The van der Waals surface area contributed by atoms with Gasteiger partial charge in [0.1, 0.15) is 0 Å². The first kappa shape index (κ1) is 16.8. The van der Waals surface area contributed by atoms with Crippen LogP contribution in [0.5, 0.6) is 0 Å². The van der Waals surface area contributed by atoms with Crippen LogP contribution in [-0.2, 0) is 14.9 Å². The second-order valence-electron chi connectivity index (χ2n) is 5.08. The zero-order valence-electron chi connectivity index (χ0n) is 12.3. The summed E-state index contributed by atoms with van der Waals surface area (Å²) in [6.07, 6.45) is 2.60. The van der Waals surface area contributed by atoms with Crippen molar-refractivity contribution in [3.8, 4) is 0 Å². The molecule has 1 rings (SSSR count). The van der Waals surface area contributed by atoms with Crippen molar-refractivity contribution in [2.45, 2.75) is 19.3 Å². The molecule has 0 unspecified atom stereocenters. The van der Waals surface area contributed by atoms with Crippen LogP contribution in [0.25, 0.3) is 0 Å². The van der Waals surface area contributed by atoms with Gasteiger partial charge in [-0.3, -0.25) is 0 Å². The summed E-state index contributed by atoms with van der Waals surface area (Å²) >= 11 is 0. The van der Waals surface area contributed by atoms with Gasteiger partial charge in [0.05, 0.1) is 0 Å². The molecule has 1 saturated heterocycles. The normalized spacial score (nSPS) is 19.2. The van der Waals surface area contributed by atoms with E-state index in [1.165, 1.54) is 4.31 Å². The molecule has 19 heavy (non-hydrogen) atoms. The minimum atomic E-state index is -3.28. The Balaban J connectivity index is 2.45. The Bertz CT molecular complexity index is 340. The Morgan fingerprint density at radius 2 is 2.00 bits per heavy atom. The fourth-order valence-electron chi connectivity index (χ4n) is 2.33. The summed E-state index contributed by atoms with van der Waals surface area (Å²) in [6, 6.07) is 0. The summed E-state index contributed by atoms with van der Waals surface area (Å²) in [5.41, 5.74) is 0. The molecule has 0 spiro atoms. The minimum Gasteiger partial charge on any atom is -0.384 e. The van der Waals surface area contributed by atoms with Gasteiger partial charge in [-0.1, -0.05) is 0 Å². The molecule has 114 valence electrons. The summed E-state index contributed by atoms with van der Waals surface area (Å²) < 4.78 is 32.9. The first-order valence-electron chi connectivity index (χ1n) is 6.87. The Labute approximate surface area is 117 Å². The van der Waals surface area contributed by atoms with Crippen LogP contribution in [0.3, 0.4) is 0 Å². The molecule has 0 radical (unpaired) electrons. The predicted molar refractivity (Wildman–Crippen MR) is 76.3 cm³/mol. The molecule has 0 bridgehead atoms. The number of methoxy groups -OCH3 is 1. The van der Waals surface area contributed by atoms with Gasteiger partial charge in [-0.25, -0.2) is 0 Å². The van der Waals surface area contributed by atoms with Gasteiger partial charge in [-0.05, 0) is 38.8 Å². The van der Waals surface area contributed by atoms with Crippen LogP contribution in [-0.4, -0.2) is 71.0 Å². The molecule has 1 aliphatic rings. The lowest BCUT2D eigenvalue weighted by Gasteiger charge is -2.33. The SMILES string of the molecule is CNCCCN(C)S(=O)(=O)N1CCC(COC)CC1. The van der Waals surface area contributed by atoms with E-state index < -0.39 is 10.2 Å². The van der Waals surface area contributed by atoms with Gasteiger partial charge in [0.15, 0.2) is 0 Å². The maximum atomic E-state index is 12.3. The first-order chi connectivity index (χ1) is 9.02. The molecule has 0 aliphatic carbocycles. The number of ether oxygens (including phenoxy) is 1. The maximum absolute atomic E-state index is 12.3. The second kappa shape index (κ2) is 8.16. The molecular weight excluding hydrogens is 266 g/mol. The van der Waals surface area contributed by atoms with Crippen molar-refractivity contribution < 1.29 is 13.2 Å². The molecule has 6 nitrogen and oxygen atoms in total. The third-order valence-electron chi connectivity index (χ3n) is 3.60. The molecule has 1 N–H and O–H groups in total. The van der Waals surface area contributed by atoms with E-state index in [1.54, 1.807) is 18.5 Å². The lowest BCUT2D eigenvalue weighted by molar-refractivity contribution is 0.120. The lowest BCUT2D eigenvalue weighted by atomic mass is 9.99. The number of rotatable bonds is 8. The van der Waals surface area contributed by atoms with Crippen molar-refractivity contribution in [2.75, 3.05) is 54.0 Å². The van der Waals surface area contributed by atoms with Crippen molar-refractivity contribution in [2.24, 2.45) is 5.92 Å². The van der Waals surface area contributed by atoms with Crippen LogP contribution in [0.1, 0.15) is 19.3 Å². The average Bonchev–Trinajstić information content (AvgIpc) is 2.40. The predicted octanol–water partition coefficient (Wildman–Crippen LogP) is 0.131. The van der Waals surface area contributed by atoms with Crippen LogP contribution in [0, 0.1) is 5.92 Å². The van der Waals surface area contributed by atoms with Crippen molar-refractivity contribution in [3.05, 3.63) is 0 Å². The summed E-state index contributed by atoms with van der Waals surface area (Å²) in [6.45, 7) is 3.32. The van der Waals surface area contributed by atoms with E-state index in [4.69, 9.17) is 4.74 Å². The molecule has 0 atom stereocenters. The van der Waals surface area contributed by atoms with Crippen molar-refractivity contribution in [1.82, 2.24) is 13.9 Å². The smallest absolute Gasteiger partial charge is 0.281 e. The third kappa shape index (κ3) is 5.00. The molecule has 7 heteroatoms. The van der Waals surface area contributed by atoms with Gasteiger partial charge in [-0.15, -0.1) is 0 Å². The molecule has 0 aromatic carbocycles. The highest BCUT2D eigenvalue weighted by atomic mass is 32.2. The summed E-state index contributed by atoms with van der Waals surface area (Å²) in [4.78, 5) is 0. The van der Waals surface area contributed by atoms with E-state index in [1.807, 2.05) is 7.05 Å². The zero-order valence-corrected chi connectivity index (χ0v) is 13.1. The molecule has 1 aliphatic heterocycles. The van der Waals surface area contributed by atoms with E-state index in [0.29, 0.717) is 25.6 Å². The molecule has 1 fully saturated rings. The molecule has 0 aromatic rings. The Morgan fingerprint density at radius 3 is 2.53 bits per heavy atom. The Kier molecular flexibility index (Phi) is 7.23. The van der Waals surface area contributed by atoms with Gasteiger partial charge >= 0.3 is 0 Å². The van der Waals surface area contributed by atoms with Crippen molar-refractivity contribution in [1.29, 1.82) is 0 Å². The zero-order chi connectivity index (χ0) is 14.3. The fourth-order valence-corrected chi connectivity index (χ4v) is 3.76. The molecular formula is C12H27N3O3S. The van der Waals surface area contributed by atoms with E-state index in [2.05, 4.69) is 5.32 Å². The van der Waals surface area contributed by atoms with Crippen LogP contribution in [0.4, 0.5) is 0 Å². The average molecular weight is 293 g/mol. The molecule has 1 heterocycles. The van der Waals surface area contributed by atoms with Crippen LogP contribution in [0.15, 0.2) is 0 Å². The summed E-state index contributed by atoms with van der Waals surface area (Å²) in [5.74, 6) is 0.492. The summed E-state index contributed by atoms with van der Waals surface area (Å²) in [7, 11) is 1.94. The van der Waals surface area contributed by atoms with E-state index in [0.717, 1.165) is 32.4 Å². The highest BCUT2D eigenvalue weighted by Gasteiger charge is 2.30. The van der Waals surface area contributed by atoms with Gasteiger partial charge in [-0.2, -0.15) is 17.0 Å². The van der Waals surface area contributed by atoms with Gasteiger partial charge < -0.3 is 10.1 Å². The lowest BCUT2D eigenvalue weighted by Crippen LogP contribution is -2.46. The van der Waals surface area contributed by atoms with Crippen LogP contribution < -0.4 is 5.32 Å². The second-order valence-corrected chi connectivity index (χ2v) is 7.12. The van der Waals surface area contributed by atoms with Gasteiger partial charge in [0.25, 0.3) is 10.2 Å². The third-order valence-corrected chi connectivity index (χ3v) is 5.58. The topological polar surface area (TPSA) is 61.9 Å². The number of piperidine rings is 1. The van der Waals surface area contributed by atoms with Crippen molar-refractivity contribution >= 4 is 10.2 Å². The number of hydrogen-bond donors (Lipinski definition) is 1. The fraction of sp³-hybridized carbons (Fsp3) is 1.00. The van der Waals surface area contributed by atoms with E-state index in [-0.39, 0.29) is 0 Å². The Morgan fingerprint density at radius 1 is 1.37 bits per heavy atom. The quantitative estimate of drug-likeness (QED) is 0.646. The standard InChI is InChI=1S/C12H27N3O3S/c1-13-7-4-8-14(2)19(16,17)15-9-5-12(6-10-15)11-18-3/h12-13H,4-11H2,1-3H3. The van der Waals surface area contributed by atoms with Crippen LogP contribution >= 0.6 is 0 Å². The molecule has 0 amide bonds. The van der Waals surface area contributed by atoms with Gasteiger partial charge in [0, 0.05) is 40.4 Å². The highest BCUT2D eigenvalue weighted by Crippen LogP contribution is 2.21. The highest BCUT2D eigenvalue weighted by molar-refractivity contribution is 7.86. The van der Waals surface area contributed by atoms with E-state index in [9.17, 15) is 8.42 Å². The number of nitrogens with one attached hydrogen (secondary N) is 1. The molecule has 0 saturated carbocycles. The molecule has 0 aromatic heterocycles. The first-order valence-corrected chi connectivity index (χ1v) is 8.27. The van der Waals surface area contributed by atoms with Crippen molar-refractivity contribution in [3.63, 3.8) is 0 Å². The largest absolute Gasteiger partial charge is 0.384 e. The Hall–Kier alpha value is -0.210. The maximum Gasteiger partial charge on any atom is 0.281 e.